The lowest BCUT2D eigenvalue weighted by Crippen LogP contribution is -2.39. The van der Waals surface area contributed by atoms with Crippen LogP contribution in [0.5, 0.6) is 0 Å². The van der Waals surface area contributed by atoms with Crippen molar-refractivity contribution < 1.29 is 9.59 Å². The number of amides is 1. The van der Waals surface area contributed by atoms with E-state index in [2.05, 4.69) is 0 Å². The minimum atomic E-state index is 0.195. The Bertz CT molecular complexity index is 217. The first-order chi connectivity index (χ1) is 6.65. The van der Waals surface area contributed by atoms with Gasteiger partial charge in [0.15, 0.2) is 0 Å². The molecule has 0 radical (unpaired) electrons. The second kappa shape index (κ2) is 5.13. The molecule has 0 aromatic heterocycles. The first-order valence-electron chi connectivity index (χ1n) is 5.43. The SMILES string of the molecule is CCCC(=O)N1CCC(C(C)=O)CC1. The fourth-order valence-corrected chi connectivity index (χ4v) is 1.91. The van der Waals surface area contributed by atoms with E-state index in [1.54, 1.807) is 6.92 Å². The number of carbonyl (C=O) groups excluding carboxylic acids is 2. The smallest absolute Gasteiger partial charge is 0.222 e. The van der Waals surface area contributed by atoms with Crippen LogP contribution in [0.15, 0.2) is 0 Å². The van der Waals surface area contributed by atoms with Gasteiger partial charge in [0.2, 0.25) is 5.91 Å². The van der Waals surface area contributed by atoms with E-state index >= 15 is 0 Å². The molecular formula is C11H19NO2. The second-order valence-corrected chi connectivity index (χ2v) is 4.02. The Morgan fingerprint density at radius 2 is 1.86 bits per heavy atom. The van der Waals surface area contributed by atoms with Gasteiger partial charge in [0.25, 0.3) is 0 Å². The van der Waals surface area contributed by atoms with Gasteiger partial charge >= 0.3 is 0 Å². The van der Waals surface area contributed by atoms with Crippen molar-refractivity contribution in [1.29, 1.82) is 0 Å². The molecule has 14 heavy (non-hydrogen) atoms. The van der Waals surface area contributed by atoms with Gasteiger partial charge in [-0.25, -0.2) is 0 Å². The maximum absolute atomic E-state index is 11.5. The molecule has 0 unspecified atom stereocenters. The van der Waals surface area contributed by atoms with Crippen LogP contribution in [0.1, 0.15) is 39.5 Å². The molecule has 0 aromatic rings. The number of Topliss-reactive ketones (excluding diaryl/α,β-unsaturated/α-hetero) is 1. The van der Waals surface area contributed by atoms with Crippen molar-refractivity contribution >= 4 is 11.7 Å². The highest BCUT2D eigenvalue weighted by atomic mass is 16.2. The molecule has 1 aliphatic heterocycles. The van der Waals surface area contributed by atoms with Crippen LogP contribution in [0.2, 0.25) is 0 Å². The highest BCUT2D eigenvalue weighted by molar-refractivity contribution is 5.79. The number of hydrogen-bond acceptors (Lipinski definition) is 2. The average molecular weight is 197 g/mol. The Hall–Kier alpha value is -0.860. The van der Waals surface area contributed by atoms with Crippen molar-refractivity contribution in [1.82, 2.24) is 4.90 Å². The number of nitrogens with zero attached hydrogens (tertiary/aromatic N) is 1. The summed E-state index contributed by atoms with van der Waals surface area (Å²) < 4.78 is 0. The van der Waals surface area contributed by atoms with Gasteiger partial charge in [-0.15, -0.1) is 0 Å². The van der Waals surface area contributed by atoms with Crippen molar-refractivity contribution in [3.05, 3.63) is 0 Å². The van der Waals surface area contributed by atoms with E-state index in [0.717, 1.165) is 32.4 Å². The molecule has 0 spiro atoms. The quantitative estimate of drug-likeness (QED) is 0.689. The molecule has 3 nitrogen and oxygen atoms in total. The Kier molecular flexibility index (Phi) is 4.11. The summed E-state index contributed by atoms with van der Waals surface area (Å²) >= 11 is 0. The zero-order valence-electron chi connectivity index (χ0n) is 9.08. The third-order valence-electron chi connectivity index (χ3n) is 2.89. The second-order valence-electron chi connectivity index (χ2n) is 4.02. The highest BCUT2D eigenvalue weighted by Crippen LogP contribution is 2.18. The van der Waals surface area contributed by atoms with E-state index in [1.807, 2.05) is 11.8 Å². The van der Waals surface area contributed by atoms with Gasteiger partial charge in [-0.3, -0.25) is 9.59 Å². The minimum Gasteiger partial charge on any atom is -0.343 e. The Morgan fingerprint density at radius 1 is 1.29 bits per heavy atom. The van der Waals surface area contributed by atoms with Crippen LogP contribution in [-0.4, -0.2) is 29.7 Å². The summed E-state index contributed by atoms with van der Waals surface area (Å²) in [5.74, 6) is 0.711. The van der Waals surface area contributed by atoms with Crippen LogP contribution < -0.4 is 0 Å². The lowest BCUT2D eigenvalue weighted by atomic mass is 9.93. The van der Waals surface area contributed by atoms with Gasteiger partial charge < -0.3 is 4.90 Å². The summed E-state index contributed by atoms with van der Waals surface area (Å²) in [5, 5.41) is 0. The molecule has 0 aromatic carbocycles. The van der Waals surface area contributed by atoms with Crippen molar-refractivity contribution in [2.24, 2.45) is 5.92 Å². The Balaban J connectivity index is 2.35. The number of ketones is 1. The molecule has 1 amide bonds. The molecule has 0 N–H and O–H groups in total. The van der Waals surface area contributed by atoms with Crippen LogP contribution in [-0.2, 0) is 9.59 Å². The number of likely N-dealkylation sites (tertiary alicyclic amines) is 1. The van der Waals surface area contributed by atoms with E-state index in [1.165, 1.54) is 0 Å². The van der Waals surface area contributed by atoms with Gasteiger partial charge in [0.05, 0.1) is 0 Å². The number of hydrogen-bond donors (Lipinski definition) is 0. The molecule has 1 saturated heterocycles. The maximum Gasteiger partial charge on any atom is 0.222 e. The monoisotopic (exact) mass is 197 g/mol. The van der Waals surface area contributed by atoms with Crippen molar-refractivity contribution in [3.63, 3.8) is 0 Å². The number of rotatable bonds is 3. The van der Waals surface area contributed by atoms with E-state index in [-0.39, 0.29) is 17.6 Å². The molecule has 1 rings (SSSR count). The van der Waals surface area contributed by atoms with Gasteiger partial charge in [-0.2, -0.15) is 0 Å². The number of piperidine rings is 1. The van der Waals surface area contributed by atoms with E-state index in [9.17, 15) is 9.59 Å². The van der Waals surface area contributed by atoms with Crippen molar-refractivity contribution in [2.75, 3.05) is 13.1 Å². The van der Waals surface area contributed by atoms with E-state index < -0.39 is 0 Å². The molecule has 1 fully saturated rings. The molecule has 3 heteroatoms. The summed E-state index contributed by atoms with van der Waals surface area (Å²) in [6, 6.07) is 0. The average Bonchev–Trinajstić information content (AvgIpc) is 2.18. The van der Waals surface area contributed by atoms with Crippen LogP contribution in [0, 0.1) is 5.92 Å². The van der Waals surface area contributed by atoms with Gasteiger partial charge in [-0.1, -0.05) is 6.92 Å². The predicted octanol–water partition coefficient (Wildman–Crippen LogP) is 1.61. The molecule has 1 aliphatic rings. The maximum atomic E-state index is 11.5. The first-order valence-corrected chi connectivity index (χ1v) is 5.43. The Labute approximate surface area is 85.5 Å². The third-order valence-corrected chi connectivity index (χ3v) is 2.89. The largest absolute Gasteiger partial charge is 0.343 e. The molecule has 0 aliphatic carbocycles. The molecule has 0 atom stereocenters. The number of carbonyl (C=O) groups is 2. The van der Waals surface area contributed by atoms with Crippen LogP contribution in [0.4, 0.5) is 0 Å². The van der Waals surface area contributed by atoms with E-state index in [4.69, 9.17) is 0 Å². The molecule has 0 bridgehead atoms. The predicted molar refractivity (Wildman–Crippen MR) is 54.9 cm³/mol. The Morgan fingerprint density at radius 3 is 2.29 bits per heavy atom. The topological polar surface area (TPSA) is 37.4 Å². The van der Waals surface area contributed by atoms with Crippen molar-refractivity contribution in [2.45, 2.75) is 39.5 Å². The third kappa shape index (κ3) is 2.82. The first kappa shape index (κ1) is 11.2. The summed E-state index contributed by atoms with van der Waals surface area (Å²) in [7, 11) is 0. The summed E-state index contributed by atoms with van der Waals surface area (Å²) in [6.07, 6.45) is 3.26. The van der Waals surface area contributed by atoms with Gasteiger partial charge in [0.1, 0.15) is 5.78 Å². The zero-order chi connectivity index (χ0) is 10.6. The molecule has 80 valence electrons. The molecular weight excluding hydrogens is 178 g/mol. The normalized spacial score (nSPS) is 18.3. The van der Waals surface area contributed by atoms with Gasteiger partial charge in [-0.05, 0) is 26.2 Å². The van der Waals surface area contributed by atoms with Crippen LogP contribution >= 0.6 is 0 Å². The lowest BCUT2D eigenvalue weighted by molar-refractivity contribution is -0.134. The summed E-state index contributed by atoms with van der Waals surface area (Å²) in [6.45, 7) is 5.20. The van der Waals surface area contributed by atoms with Crippen molar-refractivity contribution in [3.8, 4) is 0 Å². The summed E-state index contributed by atoms with van der Waals surface area (Å²) in [4.78, 5) is 24.5. The molecule has 1 heterocycles. The zero-order valence-corrected chi connectivity index (χ0v) is 9.08. The fourth-order valence-electron chi connectivity index (χ4n) is 1.91. The fraction of sp³-hybridized carbons (Fsp3) is 0.818. The minimum absolute atomic E-state index is 0.195. The summed E-state index contributed by atoms with van der Waals surface area (Å²) in [5.41, 5.74) is 0. The van der Waals surface area contributed by atoms with Crippen LogP contribution in [0.25, 0.3) is 0 Å². The molecule has 0 saturated carbocycles. The van der Waals surface area contributed by atoms with E-state index in [0.29, 0.717) is 6.42 Å². The van der Waals surface area contributed by atoms with Gasteiger partial charge in [0, 0.05) is 25.4 Å². The highest BCUT2D eigenvalue weighted by Gasteiger charge is 2.24. The standard InChI is InChI=1S/C11H19NO2/c1-3-4-11(14)12-7-5-10(6-8-12)9(2)13/h10H,3-8H2,1-2H3. The lowest BCUT2D eigenvalue weighted by Gasteiger charge is -2.30. The van der Waals surface area contributed by atoms with Crippen LogP contribution in [0.3, 0.4) is 0 Å².